The number of nitrogens with one attached hydrogen (secondary N) is 2. The van der Waals surface area contributed by atoms with E-state index in [9.17, 15) is 9.59 Å². The number of ether oxygens (including phenoxy) is 1. The zero-order chi connectivity index (χ0) is 15.3. The van der Waals surface area contributed by atoms with Crippen LogP contribution in [0.25, 0.3) is 0 Å². The first-order valence-corrected chi connectivity index (χ1v) is 8.29. The lowest BCUT2D eigenvalue weighted by atomic mass is 9.81. The van der Waals surface area contributed by atoms with Gasteiger partial charge in [-0.15, -0.1) is 0 Å². The van der Waals surface area contributed by atoms with E-state index in [1.165, 1.54) is 0 Å². The minimum Gasteiger partial charge on any atom is -0.466 e. The number of rotatable bonds is 5. The highest BCUT2D eigenvalue weighted by Gasteiger charge is 2.40. The molecule has 120 valence electrons. The van der Waals surface area contributed by atoms with Crippen LogP contribution in [0.15, 0.2) is 0 Å². The molecule has 1 aliphatic heterocycles. The average Bonchev–Trinajstić information content (AvgIpc) is 2.98. The third-order valence-electron chi connectivity index (χ3n) is 5.08. The van der Waals surface area contributed by atoms with Gasteiger partial charge in [-0.3, -0.25) is 9.59 Å². The number of amides is 1. The van der Waals surface area contributed by atoms with Gasteiger partial charge >= 0.3 is 5.97 Å². The molecule has 1 saturated heterocycles. The lowest BCUT2D eigenvalue weighted by molar-refractivity contribution is -0.149. The first-order valence-electron chi connectivity index (χ1n) is 8.29. The van der Waals surface area contributed by atoms with Crippen LogP contribution in [0.1, 0.15) is 52.4 Å². The van der Waals surface area contributed by atoms with Gasteiger partial charge in [-0.1, -0.05) is 6.92 Å². The van der Waals surface area contributed by atoms with Gasteiger partial charge in [0.2, 0.25) is 5.91 Å². The Labute approximate surface area is 127 Å². The Morgan fingerprint density at radius 3 is 2.48 bits per heavy atom. The van der Waals surface area contributed by atoms with Gasteiger partial charge in [0.1, 0.15) is 0 Å². The summed E-state index contributed by atoms with van der Waals surface area (Å²) in [7, 11) is 0. The number of carbonyl (C=O) groups excluding carboxylic acids is 2. The van der Waals surface area contributed by atoms with Crippen LogP contribution >= 0.6 is 0 Å². The van der Waals surface area contributed by atoms with Crippen molar-refractivity contribution < 1.29 is 14.3 Å². The fourth-order valence-electron chi connectivity index (χ4n) is 3.47. The summed E-state index contributed by atoms with van der Waals surface area (Å²) in [6.45, 7) is 6.08. The SMILES string of the molecule is CCOC(=O)C1CCC(NC(=O)C2(CC)CCNC2)CC1. The van der Waals surface area contributed by atoms with Gasteiger partial charge in [-0.25, -0.2) is 0 Å². The third kappa shape index (κ3) is 3.76. The van der Waals surface area contributed by atoms with Crippen molar-refractivity contribution in [3.8, 4) is 0 Å². The van der Waals surface area contributed by atoms with Gasteiger partial charge in [0.25, 0.3) is 0 Å². The summed E-state index contributed by atoms with van der Waals surface area (Å²) in [5.74, 6) is 0.133. The molecule has 21 heavy (non-hydrogen) atoms. The molecule has 0 aromatic heterocycles. The van der Waals surface area contributed by atoms with Gasteiger partial charge < -0.3 is 15.4 Å². The number of hydrogen-bond donors (Lipinski definition) is 2. The van der Waals surface area contributed by atoms with Crippen molar-refractivity contribution in [3.05, 3.63) is 0 Å². The summed E-state index contributed by atoms with van der Waals surface area (Å²) in [5.41, 5.74) is -0.224. The van der Waals surface area contributed by atoms with Crippen LogP contribution < -0.4 is 10.6 Å². The highest BCUT2D eigenvalue weighted by Crippen LogP contribution is 2.31. The molecule has 1 unspecified atom stereocenters. The Morgan fingerprint density at radius 2 is 1.95 bits per heavy atom. The second-order valence-corrected chi connectivity index (χ2v) is 6.33. The largest absolute Gasteiger partial charge is 0.466 e. The van der Waals surface area contributed by atoms with E-state index >= 15 is 0 Å². The molecule has 5 nitrogen and oxygen atoms in total. The zero-order valence-electron chi connectivity index (χ0n) is 13.2. The highest BCUT2D eigenvalue weighted by atomic mass is 16.5. The molecule has 1 aliphatic carbocycles. The maximum Gasteiger partial charge on any atom is 0.308 e. The van der Waals surface area contributed by atoms with Crippen molar-refractivity contribution in [1.82, 2.24) is 10.6 Å². The molecular weight excluding hydrogens is 268 g/mol. The van der Waals surface area contributed by atoms with E-state index in [2.05, 4.69) is 17.6 Å². The third-order valence-corrected chi connectivity index (χ3v) is 5.08. The minimum atomic E-state index is -0.224. The fraction of sp³-hybridized carbons (Fsp3) is 0.875. The molecule has 0 spiro atoms. The van der Waals surface area contributed by atoms with Crippen LogP contribution in [0.3, 0.4) is 0 Å². The van der Waals surface area contributed by atoms with Crippen LogP contribution in [0, 0.1) is 11.3 Å². The second kappa shape index (κ2) is 7.25. The molecule has 1 heterocycles. The van der Waals surface area contributed by atoms with E-state index < -0.39 is 0 Å². The molecule has 1 atom stereocenters. The van der Waals surface area contributed by atoms with Crippen molar-refractivity contribution >= 4 is 11.9 Å². The monoisotopic (exact) mass is 296 g/mol. The molecule has 1 saturated carbocycles. The topological polar surface area (TPSA) is 67.4 Å². The molecule has 2 fully saturated rings. The van der Waals surface area contributed by atoms with Crippen LogP contribution in [0.5, 0.6) is 0 Å². The molecule has 2 aliphatic rings. The standard InChI is InChI=1S/C16H28N2O3/c1-3-16(9-10-17-11-16)15(20)18-13-7-5-12(6-8-13)14(19)21-4-2/h12-13,17H,3-11H2,1-2H3,(H,18,20). The lowest BCUT2D eigenvalue weighted by Crippen LogP contribution is -2.47. The highest BCUT2D eigenvalue weighted by molar-refractivity contribution is 5.83. The summed E-state index contributed by atoms with van der Waals surface area (Å²) >= 11 is 0. The Balaban J connectivity index is 1.80. The Bertz CT molecular complexity index is 370. The number of esters is 1. The molecule has 1 amide bonds. The lowest BCUT2D eigenvalue weighted by Gasteiger charge is -2.32. The maximum absolute atomic E-state index is 12.5. The van der Waals surface area contributed by atoms with Crippen molar-refractivity contribution in [2.75, 3.05) is 19.7 Å². The van der Waals surface area contributed by atoms with Crippen LogP contribution in [0.2, 0.25) is 0 Å². The van der Waals surface area contributed by atoms with Crippen molar-refractivity contribution in [2.24, 2.45) is 11.3 Å². The number of hydrogen-bond acceptors (Lipinski definition) is 4. The van der Waals surface area contributed by atoms with E-state index in [4.69, 9.17) is 4.74 Å². The van der Waals surface area contributed by atoms with Crippen LogP contribution in [-0.2, 0) is 14.3 Å². The van der Waals surface area contributed by atoms with E-state index in [1.807, 2.05) is 6.92 Å². The first-order chi connectivity index (χ1) is 10.1. The summed E-state index contributed by atoms with van der Waals surface area (Å²) in [6, 6.07) is 0.215. The summed E-state index contributed by atoms with van der Waals surface area (Å²) in [6.07, 6.45) is 5.20. The smallest absolute Gasteiger partial charge is 0.308 e. The summed E-state index contributed by atoms with van der Waals surface area (Å²) in [5, 5.41) is 6.51. The molecular formula is C16H28N2O3. The van der Waals surface area contributed by atoms with Gasteiger partial charge in [0.05, 0.1) is 17.9 Å². The maximum atomic E-state index is 12.5. The Hall–Kier alpha value is -1.10. The minimum absolute atomic E-state index is 0.0198. The van der Waals surface area contributed by atoms with Gasteiger partial charge in [-0.2, -0.15) is 0 Å². The molecule has 0 radical (unpaired) electrons. The normalized spacial score (nSPS) is 32.7. The summed E-state index contributed by atoms with van der Waals surface area (Å²) < 4.78 is 5.08. The van der Waals surface area contributed by atoms with Gasteiger partial charge in [-0.05, 0) is 52.0 Å². The molecule has 0 bridgehead atoms. The predicted octanol–water partition coefficient (Wildman–Crippen LogP) is 1.61. The molecule has 2 N–H and O–H groups in total. The summed E-state index contributed by atoms with van der Waals surface area (Å²) in [4.78, 5) is 24.3. The molecule has 0 aromatic carbocycles. The molecule has 2 rings (SSSR count). The van der Waals surface area contributed by atoms with Crippen molar-refractivity contribution in [2.45, 2.75) is 58.4 Å². The van der Waals surface area contributed by atoms with E-state index in [-0.39, 0.29) is 29.3 Å². The van der Waals surface area contributed by atoms with Crippen molar-refractivity contribution in [3.63, 3.8) is 0 Å². The zero-order valence-corrected chi connectivity index (χ0v) is 13.2. The molecule has 0 aromatic rings. The molecule has 5 heteroatoms. The van der Waals surface area contributed by atoms with E-state index in [0.29, 0.717) is 6.61 Å². The van der Waals surface area contributed by atoms with Gasteiger partial charge in [0.15, 0.2) is 0 Å². The van der Waals surface area contributed by atoms with Crippen LogP contribution in [-0.4, -0.2) is 37.6 Å². The predicted molar refractivity (Wildman–Crippen MR) is 80.7 cm³/mol. The fourth-order valence-corrected chi connectivity index (χ4v) is 3.47. The quantitative estimate of drug-likeness (QED) is 0.757. The van der Waals surface area contributed by atoms with E-state index in [0.717, 1.165) is 51.6 Å². The van der Waals surface area contributed by atoms with Crippen molar-refractivity contribution in [1.29, 1.82) is 0 Å². The van der Waals surface area contributed by atoms with Crippen LogP contribution in [0.4, 0.5) is 0 Å². The Kier molecular flexibility index (Phi) is 5.62. The van der Waals surface area contributed by atoms with Gasteiger partial charge in [0, 0.05) is 12.6 Å². The first kappa shape index (κ1) is 16.3. The average molecular weight is 296 g/mol. The second-order valence-electron chi connectivity index (χ2n) is 6.33. The Morgan fingerprint density at radius 1 is 1.24 bits per heavy atom. The van der Waals surface area contributed by atoms with E-state index in [1.54, 1.807) is 0 Å². The number of carbonyl (C=O) groups is 2.